The van der Waals surface area contributed by atoms with Gasteiger partial charge in [-0.1, -0.05) is 30.3 Å². The molecular formula is C29H32O10. The Hall–Kier alpha value is -3.54. The third-order valence-electron chi connectivity index (χ3n) is 6.58. The SMILES string of the molecule is COc1cc(C)c2c(=O)cc(C[C@H](C)O)oc2c1[C@@H]1O[C@H](CO)[C@H](O)[C@H](O)[C@H]1OC(=O)/C=C/c1ccccc1. The molecule has 1 fully saturated rings. The summed E-state index contributed by atoms with van der Waals surface area (Å²) in [5.41, 5.74) is 1.11. The van der Waals surface area contributed by atoms with Crippen LogP contribution in [0.5, 0.6) is 5.75 Å². The zero-order valence-corrected chi connectivity index (χ0v) is 21.8. The molecule has 0 bridgehead atoms. The first-order chi connectivity index (χ1) is 18.6. The van der Waals surface area contributed by atoms with Crippen LogP contribution in [-0.4, -0.2) is 70.6 Å². The molecule has 1 aliphatic heterocycles. The summed E-state index contributed by atoms with van der Waals surface area (Å²) in [6.07, 6.45) is -5.31. The number of carbonyl (C=O) groups is 1. The third kappa shape index (κ3) is 6.05. The monoisotopic (exact) mass is 540 g/mol. The lowest BCUT2D eigenvalue weighted by Gasteiger charge is -2.42. The molecule has 0 saturated carbocycles. The molecule has 2 heterocycles. The van der Waals surface area contributed by atoms with Crippen LogP contribution in [0.25, 0.3) is 17.0 Å². The summed E-state index contributed by atoms with van der Waals surface area (Å²) >= 11 is 0. The fourth-order valence-corrected chi connectivity index (χ4v) is 4.75. The zero-order chi connectivity index (χ0) is 28.3. The quantitative estimate of drug-likeness (QED) is 0.245. The number of aliphatic hydroxyl groups is 4. The van der Waals surface area contributed by atoms with Gasteiger partial charge in [0.2, 0.25) is 0 Å². The lowest BCUT2D eigenvalue weighted by molar-refractivity contribution is -0.239. The number of benzene rings is 2. The van der Waals surface area contributed by atoms with Gasteiger partial charge >= 0.3 is 5.97 Å². The number of hydrogen-bond acceptors (Lipinski definition) is 10. The molecule has 0 radical (unpaired) electrons. The van der Waals surface area contributed by atoms with Gasteiger partial charge in [-0.2, -0.15) is 0 Å². The Morgan fingerprint density at radius 2 is 1.87 bits per heavy atom. The number of esters is 1. The molecule has 4 N–H and O–H groups in total. The first-order valence-electron chi connectivity index (χ1n) is 12.5. The maximum absolute atomic E-state index is 13.1. The molecule has 1 saturated heterocycles. The minimum Gasteiger partial charge on any atom is -0.496 e. The van der Waals surface area contributed by atoms with E-state index in [1.54, 1.807) is 44.2 Å². The Bertz CT molecular complexity index is 1390. The second-order valence-electron chi connectivity index (χ2n) is 9.55. The predicted octanol–water partition coefficient (Wildman–Crippen LogP) is 1.81. The molecule has 4 rings (SSSR count). The van der Waals surface area contributed by atoms with Gasteiger partial charge in [-0.05, 0) is 37.1 Å². The molecule has 0 spiro atoms. The van der Waals surface area contributed by atoms with Gasteiger partial charge in [-0.15, -0.1) is 0 Å². The van der Waals surface area contributed by atoms with Crippen molar-refractivity contribution in [2.75, 3.05) is 13.7 Å². The topological polar surface area (TPSA) is 156 Å². The average molecular weight is 541 g/mol. The first kappa shape index (κ1) is 28.5. The van der Waals surface area contributed by atoms with Crippen molar-refractivity contribution < 1.29 is 43.8 Å². The summed E-state index contributed by atoms with van der Waals surface area (Å²) in [7, 11) is 1.39. The van der Waals surface area contributed by atoms with Crippen molar-refractivity contribution in [2.45, 2.75) is 56.9 Å². The minimum atomic E-state index is -1.66. The van der Waals surface area contributed by atoms with Crippen molar-refractivity contribution >= 4 is 23.0 Å². The van der Waals surface area contributed by atoms with Crippen LogP contribution in [0.2, 0.25) is 0 Å². The van der Waals surface area contributed by atoms with E-state index in [0.717, 1.165) is 5.56 Å². The first-order valence-corrected chi connectivity index (χ1v) is 12.5. The molecule has 1 aromatic heterocycles. The Labute approximate surface area is 224 Å². The molecule has 10 heteroatoms. The van der Waals surface area contributed by atoms with Gasteiger partial charge in [0, 0.05) is 18.6 Å². The molecule has 39 heavy (non-hydrogen) atoms. The molecule has 1 aliphatic rings. The van der Waals surface area contributed by atoms with Crippen LogP contribution in [0.1, 0.15) is 35.5 Å². The Morgan fingerprint density at radius 1 is 1.15 bits per heavy atom. The van der Waals surface area contributed by atoms with Gasteiger partial charge in [0.1, 0.15) is 41.5 Å². The second-order valence-corrected chi connectivity index (χ2v) is 9.55. The third-order valence-corrected chi connectivity index (χ3v) is 6.58. The minimum absolute atomic E-state index is 0.0513. The summed E-state index contributed by atoms with van der Waals surface area (Å²) in [6.45, 7) is 2.60. The summed E-state index contributed by atoms with van der Waals surface area (Å²) in [5, 5.41) is 41.5. The lowest BCUT2D eigenvalue weighted by atomic mass is 9.89. The Kier molecular flexibility index (Phi) is 8.83. The van der Waals surface area contributed by atoms with Crippen molar-refractivity contribution in [1.82, 2.24) is 0 Å². The van der Waals surface area contributed by atoms with Crippen molar-refractivity contribution in [3.05, 3.63) is 81.2 Å². The summed E-state index contributed by atoms with van der Waals surface area (Å²) < 4.78 is 23.2. The van der Waals surface area contributed by atoms with E-state index in [4.69, 9.17) is 18.6 Å². The van der Waals surface area contributed by atoms with Gasteiger partial charge < -0.3 is 39.1 Å². The fraction of sp³-hybridized carbons (Fsp3) is 0.379. The highest BCUT2D eigenvalue weighted by Gasteiger charge is 2.49. The highest BCUT2D eigenvalue weighted by molar-refractivity contribution is 5.88. The predicted molar refractivity (Wildman–Crippen MR) is 141 cm³/mol. The number of hydrogen-bond donors (Lipinski definition) is 4. The van der Waals surface area contributed by atoms with Gasteiger partial charge in [-0.25, -0.2) is 4.79 Å². The van der Waals surface area contributed by atoms with Crippen molar-refractivity contribution in [3.63, 3.8) is 0 Å². The summed E-state index contributed by atoms with van der Waals surface area (Å²) in [5.74, 6) is -0.410. The molecule has 10 nitrogen and oxygen atoms in total. The summed E-state index contributed by atoms with van der Waals surface area (Å²) in [4.78, 5) is 25.9. The number of fused-ring (bicyclic) bond motifs is 1. The number of aryl methyl sites for hydroxylation is 1. The van der Waals surface area contributed by atoms with Crippen LogP contribution in [0.15, 0.2) is 57.8 Å². The van der Waals surface area contributed by atoms with Crippen LogP contribution >= 0.6 is 0 Å². The van der Waals surface area contributed by atoms with Crippen LogP contribution in [0.4, 0.5) is 0 Å². The number of carbonyl (C=O) groups excluding carboxylic acids is 1. The van der Waals surface area contributed by atoms with E-state index < -0.39 is 49.2 Å². The highest BCUT2D eigenvalue weighted by Crippen LogP contribution is 2.43. The summed E-state index contributed by atoms with van der Waals surface area (Å²) in [6, 6.07) is 11.9. The van der Waals surface area contributed by atoms with E-state index in [2.05, 4.69) is 0 Å². The maximum atomic E-state index is 13.1. The molecule has 6 atom stereocenters. The fourth-order valence-electron chi connectivity index (χ4n) is 4.75. The van der Waals surface area contributed by atoms with Crippen molar-refractivity contribution in [3.8, 4) is 5.75 Å². The van der Waals surface area contributed by atoms with Crippen LogP contribution in [0.3, 0.4) is 0 Å². The van der Waals surface area contributed by atoms with Gasteiger partial charge in [0.15, 0.2) is 11.5 Å². The van der Waals surface area contributed by atoms with Crippen LogP contribution in [-0.2, 0) is 20.7 Å². The number of ether oxygens (including phenoxy) is 3. The van der Waals surface area contributed by atoms with E-state index in [0.29, 0.717) is 5.56 Å². The van der Waals surface area contributed by atoms with E-state index in [1.165, 1.54) is 25.3 Å². The Balaban J connectivity index is 1.84. The van der Waals surface area contributed by atoms with E-state index in [9.17, 15) is 30.0 Å². The van der Waals surface area contributed by atoms with E-state index in [1.807, 2.05) is 6.07 Å². The second kappa shape index (κ2) is 12.1. The largest absolute Gasteiger partial charge is 0.496 e. The van der Waals surface area contributed by atoms with Gasteiger partial charge in [-0.3, -0.25) is 4.79 Å². The molecule has 0 amide bonds. The van der Waals surface area contributed by atoms with Gasteiger partial charge in [0.25, 0.3) is 0 Å². The normalized spacial score (nSPS) is 24.1. The van der Waals surface area contributed by atoms with Crippen LogP contribution in [0, 0.1) is 6.92 Å². The van der Waals surface area contributed by atoms with Crippen molar-refractivity contribution in [2.24, 2.45) is 0 Å². The van der Waals surface area contributed by atoms with Gasteiger partial charge in [0.05, 0.1) is 30.8 Å². The molecule has 208 valence electrons. The highest BCUT2D eigenvalue weighted by atomic mass is 16.6. The Morgan fingerprint density at radius 3 is 2.51 bits per heavy atom. The number of aliphatic hydroxyl groups excluding tert-OH is 4. The van der Waals surface area contributed by atoms with E-state index in [-0.39, 0.29) is 39.9 Å². The molecule has 0 aliphatic carbocycles. The zero-order valence-electron chi connectivity index (χ0n) is 21.8. The van der Waals surface area contributed by atoms with E-state index >= 15 is 0 Å². The lowest BCUT2D eigenvalue weighted by Crippen LogP contribution is -2.56. The van der Waals surface area contributed by atoms with Crippen LogP contribution < -0.4 is 10.2 Å². The maximum Gasteiger partial charge on any atom is 0.331 e. The standard InChI is InChI=1S/C29H32O10/c1-15-11-20(36-3)24(27-23(15)19(32)13-18(37-27)12-16(2)31)28-29(26(35)25(34)21(14-30)38-28)39-22(33)10-9-17-7-5-4-6-8-17/h4-11,13,16,21,25-26,28-31,34-35H,12,14H2,1-3H3/b10-9+/t16-,21+,25-,26-,28-,29+/m0/s1. The molecule has 2 aromatic carbocycles. The average Bonchev–Trinajstić information content (AvgIpc) is 2.90. The molecule has 3 aromatic rings. The number of rotatable bonds is 8. The smallest absolute Gasteiger partial charge is 0.331 e. The number of methoxy groups -OCH3 is 1. The molecular weight excluding hydrogens is 508 g/mol. The van der Waals surface area contributed by atoms with Crippen molar-refractivity contribution in [1.29, 1.82) is 0 Å². The molecule has 0 unspecified atom stereocenters.